The number of fused-ring (bicyclic) bond motifs is 1. The molecule has 0 spiro atoms. The number of nitrogens with zero attached hydrogens (tertiary/aromatic N) is 1. The maximum absolute atomic E-state index is 11.6. The summed E-state index contributed by atoms with van der Waals surface area (Å²) in [6, 6.07) is 5.29. The molecule has 0 saturated heterocycles. The zero-order valence-corrected chi connectivity index (χ0v) is 12.8. The van der Waals surface area contributed by atoms with Gasteiger partial charge in [-0.05, 0) is 43.5 Å². The van der Waals surface area contributed by atoms with Gasteiger partial charge in [0.1, 0.15) is 0 Å². The Morgan fingerprint density at radius 1 is 1.24 bits per heavy atom. The average molecular weight is 304 g/mol. The van der Waals surface area contributed by atoms with Gasteiger partial charge in [-0.3, -0.25) is 4.98 Å². The van der Waals surface area contributed by atoms with Gasteiger partial charge in [-0.15, -0.1) is 0 Å². The van der Waals surface area contributed by atoms with E-state index in [1.807, 2.05) is 13.0 Å². The van der Waals surface area contributed by atoms with Crippen LogP contribution in [-0.2, 0) is 0 Å². The molecule has 110 valence electrons. The molecule has 0 amide bonds. The lowest BCUT2D eigenvalue weighted by Crippen LogP contribution is -2.09. The first kappa shape index (κ1) is 14.3. The van der Waals surface area contributed by atoms with Crippen LogP contribution in [0.4, 0.5) is 0 Å². The molecule has 1 heterocycles. The number of benzene rings is 1. The summed E-state index contributed by atoms with van der Waals surface area (Å²) in [6.45, 7) is 1.93. The predicted molar refractivity (Wildman–Crippen MR) is 84.3 cm³/mol. The van der Waals surface area contributed by atoms with Crippen molar-refractivity contribution in [2.45, 2.75) is 44.9 Å². The van der Waals surface area contributed by atoms with E-state index in [4.69, 9.17) is 16.6 Å². The Morgan fingerprint density at radius 3 is 2.62 bits per heavy atom. The van der Waals surface area contributed by atoms with Gasteiger partial charge in [0, 0.05) is 22.0 Å². The van der Waals surface area contributed by atoms with Crippen molar-refractivity contribution in [1.82, 2.24) is 4.98 Å². The Balaban J connectivity index is 2.21. The molecule has 1 N–H and O–H groups in total. The summed E-state index contributed by atoms with van der Waals surface area (Å²) < 4.78 is 0. The van der Waals surface area contributed by atoms with Crippen molar-refractivity contribution in [2.75, 3.05) is 0 Å². The Bertz CT molecular complexity index is 705. The van der Waals surface area contributed by atoms with Gasteiger partial charge in [0.25, 0.3) is 0 Å². The molecule has 0 bridgehead atoms. The third-order valence-corrected chi connectivity index (χ3v) is 4.56. The number of aromatic carboxylic acids is 1. The smallest absolute Gasteiger partial charge is 0.336 e. The van der Waals surface area contributed by atoms with Crippen LogP contribution >= 0.6 is 11.6 Å². The lowest BCUT2D eigenvalue weighted by molar-refractivity contribution is 0.0699. The number of aryl methyl sites for hydroxylation is 1. The molecule has 3 nitrogen and oxygen atoms in total. The van der Waals surface area contributed by atoms with Gasteiger partial charge >= 0.3 is 5.97 Å². The van der Waals surface area contributed by atoms with Crippen molar-refractivity contribution in [2.24, 2.45) is 0 Å². The van der Waals surface area contributed by atoms with Crippen molar-refractivity contribution in [3.63, 3.8) is 0 Å². The van der Waals surface area contributed by atoms with Crippen LogP contribution in [0.5, 0.6) is 0 Å². The first-order valence-corrected chi connectivity index (χ1v) is 7.78. The molecular weight excluding hydrogens is 286 g/mol. The molecule has 0 atom stereocenters. The van der Waals surface area contributed by atoms with Gasteiger partial charge in [-0.25, -0.2) is 4.79 Å². The van der Waals surface area contributed by atoms with Crippen LogP contribution < -0.4 is 0 Å². The van der Waals surface area contributed by atoms with Gasteiger partial charge in [0.2, 0.25) is 0 Å². The molecule has 1 aromatic heterocycles. The molecule has 1 fully saturated rings. The second-order valence-corrected chi connectivity index (χ2v) is 6.29. The maximum Gasteiger partial charge on any atom is 0.336 e. The number of carboxylic acid groups (broad SMARTS) is 1. The number of halogens is 1. The normalized spacial score (nSPS) is 16.3. The molecule has 1 aliphatic rings. The minimum Gasteiger partial charge on any atom is -0.478 e. The highest BCUT2D eigenvalue weighted by molar-refractivity contribution is 6.31. The zero-order valence-electron chi connectivity index (χ0n) is 12.0. The maximum atomic E-state index is 11.6. The summed E-state index contributed by atoms with van der Waals surface area (Å²) in [5.41, 5.74) is 2.92. The van der Waals surface area contributed by atoms with Crippen molar-refractivity contribution in [1.29, 1.82) is 0 Å². The fraction of sp³-hybridized carbons (Fsp3) is 0.412. The Morgan fingerprint density at radius 2 is 1.95 bits per heavy atom. The standard InChI is InChI=1S/C17H18ClNO2/c1-10-7-12(18)8-13-14(17(20)21)9-15(19-16(10)13)11-5-3-2-4-6-11/h7-9,11H,2-6H2,1H3,(H,20,21). The van der Waals surface area contributed by atoms with Gasteiger partial charge in [0.05, 0.1) is 11.1 Å². The SMILES string of the molecule is Cc1cc(Cl)cc2c(C(=O)O)cc(C3CCCCC3)nc12. The predicted octanol–water partition coefficient (Wildman–Crippen LogP) is 4.94. The van der Waals surface area contributed by atoms with Crippen LogP contribution in [0, 0.1) is 6.92 Å². The summed E-state index contributed by atoms with van der Waals surface area (Å²) in [5.74, 6) is -0.530. The summed E-state index contributed by atoms with van der Waals surface area (Å²) in [5, 5.41) is 10.7. The van der Waals surface area contributed by atoms with E-state index in [0.717, 1.165) is 29.6 Å². The molecule has 1 saturated carbocycles. The lowest BCUT2D eigenvalue weighted by atomic mass is 9.86. The van der Waals surface area contributed by atoms with E-state index >= 15 is 0 Å². The average Bonchev–Trinajstić information content (AvgIpc) is 2.47. The molecule has 1 aromatic carbocycles. The van der Waals surface area contributed by atoms with Gasteiger partial charge < -0.3 is 5.11 Å². The van der Waals surface area contributed by atoms with Crippen molar-refractivity contribution < 1.29 is 9.90 Å². The Hall–Kier alpha value is -1.61. The molecule has 3 rings (SSSR count). The van der Waals surface area contributed by atoms with Crippen LogP contribution in [-0.4, -0.2) is 16.1 Å². The van der Waals surface area contributed by atoms with Crippen LogP contribution in [0.3, 0.4) is 0 Å². The summed E-state index contributed by atoms with van der Waals surface area (Å²) in [6.07, 6.45) is 5.87. The van der Waals surface area contributed by atoms with E-state index in [1.54, 1.807) is 12.1 Å². The van der Waals surface area contributed by atoms with E-state index in [9.17, 15) is 9.90 Å². The number of pyridine rings is 1. The summed E-state index contributed by atoms with van der Waals surface area (Å²) >= 11 is 6.07. The van der Waals surface area contributed by atoms with Crippen LogP contribution in [0.1, 0.15) is 59.6 Å². The zero-order chi connectivity index (χ0) is 15.0. The first-order valence-electron chi connectivity index (χ1n) is 7.40. The number of carbonyl (C=O) groups is 1. The Kier molecular flexibility index (Phi) is 3.85. The van der Waals surface area contributed by atoms with Crippen LogP contribution in [0.15, 0.2) is 18.2 Å². The van der Waals surface area contributed by atoms with Crippen molar-refractivity contribution in [3.8, 4) is 0 Å². The van der Waals surface area contributed by atoms with Gasteiger partial charge in [0.15, 0.2) is 0 Å². The minimum atomic E-state index is -0.916. The van der Waals surface area contributed by atoms with Crippen LogP contribution in [0.25, 0.3) is 10.9 Å². The number of rotatable bonds is 2. The lowest BCUT2D eigenvalue weighted by Gasteiger charge is -2.22. The molecule has 1 aliphatic carbocycles. The monoisotopic (exact) mass is 303 g/mol. The number of aromatic nitrogens is 1. The van der Waals surface area contributed by atoms with E-state index in [2.05, 4.69) is 0 Å². The summed E-state index contributed by atoms with van der Waals surface area (Å²) in [7, 11) is 0. The highest BCUT2D eigenvalue weighted by Gasteiger charge is 2.21. The van der Waals surface area contributed by atoms with Gasteiger partial charge in [-0.1, -0.05) is 30.9 Å². The fourth-order valence-corrected chi connectivity index (χ4v) is 3.53. The topological polar surface area (TPSA) is 50.2 Å². The van der Waals surface area contributed by atoms with Crippen molar-refractivity contribution >= 4 is 28.5 Å². The van der Waals surface area contributed by atoms with E-state index in [-0.39, 0.29) is 0 Å². The van der Waals surface area contributed by atoms with E-state index in [0.29, 0.717) is 21.9 Å². The largest absolute Gasteiger partial charge is 0.478 e. The molecule has 0 radical (unpaired) electrons. The fourth-order valence-electron chi connectivity index (χ4n) is 3.26. The first-order chi connectivity index (χ1) is 10.1. The Labute approximate surface area is 129 Å². The molecule has 21 heavy (non-hydrogen) atoms. The molecule has 4 heteroatoms. The molecule has 0 aliphatic heterocycles. The highest BCUT2D eigenvalue weighted by atomic mass is 35.5. The molecule has 0 unspecified atom stereocenters. The third-order valence-electron chi connectivity index (χ3n) is 4.34. The summed E-state index contributed by atoms with van der Waals surface area (Å²) in [4.78, 5) is 16.4. The van der Waals surface area contributed by atoms with Gasteiger partial charge in [-0.2, -0.15) is 0 Å². The van der Waals surface area contributed by atoms with Crippen LogP contribution in [0.2, 0.25) is 5.02 Å². The molecule has 2 aromatic rings. The number of carboxylic acids is 1. The minimum absolute atomic E-state index is 0.311. The quantitative estimate of drug-likeness (QED) is 0.854. The highest BCUT2D eigenvalue weighted by Crippen LogP contribution is 2.34. The van der Waals surface area contributed by atoms with E-state index < -0.39 is 5.97 Å². The number of hydrogen-bond donors (Lipinski definition) is 1. The second-order valence-electron chi connectivity index (χ2n) is 5.85. The van der Waals surface area contributed by atoms with Crippen molar-refractivity contribution in [3.05, 3.63) is 40.0 Å². The molecular formula is C17H18ClNO2. The third kappa shape index (κ3) is 2.75. The van der Waals surface area contributed by atoms with E-state index in [1.165, 1.54) is 19.3 Å². The second kappa shape index (κ2) is 5.64. The number of hydrogen-bond acceptors (Lipinski definition) is 2.